The van der Waals surface area contributed by atoms with Gasteiger partial charge in [0.25, 0.3) is 0 Å². The van der Waals surface area contributed by atoms with E-state index in [1.165, 1.54) is 5.57 Å². The highest BCUT2D eigenvalue weighted by Gasteiger charge is 2.10. The van der Waals surface area contributed by atoms with Crippen LogP contribution in [0.15, 0.2) is 18.5 Å². The second-order valence-electron chi connectivity index (χ2n) is 3.83. The topological polar surface area (TPSA) is 29.0 Å². The molecule has 0 spiro atoms. The van der Waals surface area contributed by atoms with Crippen LogP contribution in [-0.2, 0) is 0 Å². The Labute approximate surface area is 84.5 Å². The van der Waals surface area contributed by atoms with Gasteiger partial charge in [0.05, 0.1) is 0 Å². The lowest BCUT2D eigenvalue weighted by atomic mass is 10.1. The molecule has 1 aliphatic heterocycles. The van der Waals surface area contributed by atoms with Crippen LogP contribution < -0.4 is 0 Å². The summed E-state index contributed by atoms with van der Waals surface area (Å²) in [4.78, 5) is 10.9. The molecular weight excluding hydrogens is 174 g/mol. The fraction of sp³-hybridized carbons (Fsp3) is 0.455. The Hall–Kier alpha value is -1.22. The van der Waals surface area contributed by atoms with E-state index < -0.39 is 0 Å². The fourth-order valence-electron chi connectivity index (χ4n) is 1.53. The fourth-order valence-corrected chi connectivity index (χ4v) is 1.53. The summed E-state index contributed by atoms with van der Waals surface area (Å²) in [5.74, 6) is 0.892. The van der Waals surface area contributed by atoms with E-state index in [2.05, 4.69) is 28.0 Å². The third-order valence-electron chi connectivity index (χ3n) is 2.48. The zero-order valence-corrected chi connectivity index (χ0v) is 8.70. The zero-order chi connectivity index (χ0) is 9.97. The Balaban J connectivity index is 2.19. The van der Waals surface area contributed by atoms with Crippen LogP contribution in [0.2, 0.25) is 0 Å². The third kappa shape index (κ3) is 1.99. The second-order valence-corrected chi connectivity index (χ2v) is 3.83. The van der Waals surface area contributed by atoms with Gasteiger partial charge in [-0.05, 0) is 31.5 Å². The van der Waals surface area contributed by atoms with Gasteiger partial charge in [0.2, 0.25) is 0 Å². The molecule has 0 aromatic carbocycles. The molecule has 0 radical (unpaired) electrons. The predicted octanol–water partition coefficient (Wildman–Crippen LogP) is 1.50. The van der Waals surface area contributed by atoms with E-state index in [-0.39, 0.29) is 0 Å². The molecule has 0 aliphatic carbocycles. The van der Waals surface area contributed by atoms with Crippen molar-refractivity contribution in [3.05, 3.63) is 29.9 Å². The Bertz CT molecular complexity index is 340. The molecule has 74 valence electrons. The van der Waals surface area contributed by atoms with Crippen LogP contribution in [0.4, 0.5) is 0 Å². The molecule has 0 amide bonds. The number of likely N-dealkylation sites (N-methyl/N-ethyl adjacent to an activating group) is 1. The molecular formula is C11H15N3. The van der Waals surface area contributed by atoms with Gasteiger partial charge in [-0.1, -0.05) is 6.08 Å². The molecule has 3 heteroatoms. The minimum absolute atomic E-state index is 0.892. The largest absolute Gasteiger partial charge is 0.302 e. The Morgan fingerprint density at radius 2 is 2.00 bits per heavy atom. The van der Waals surface area contributed by atoms with Gasteiger partial charge in [0, 0.05) is 25.5 Å². The van der Waals surface area contributed by atoms with Crippen molar-refractivity contribution in [1.29, 1.82) is 0 Å². The van der Waals surface area contributed by atoms with Gasteiger partial charge in [-0.25, -0.2) is 9.97 Å². The van der Waals surface area contributed by atoms with Crippen molar-refractivity contribution in [2.45, 2.75) is 13.3 Å². The highest BCUT2D eigenvalue weighted by Crippen LogP contribution is 2.17. The van der Waals surface area contributed by atoms with Gasteiger partial charge < -0.3 is 4.90 Å². The molecule has 2 heterocycles. The Morgan fingerprint density at radius 3 is 2.57 bits per heavy atom. The number of rotatable bonds is 1. The average molecular weight is 189 g/mol. The maximum absolute atomic E-state index is 4.33. The summed E-state index contributed by atoms with van der Waals surface area (Å²) in [6.07, 6.45) is 7.02. The third-order valence-corrected chi connectivity index (χ3v) is 2.48. The van der Waals surface area contributed by atoms with E-state index >= 15 is 0 Å². The molecule has 1 aliphatic rings. The van der Waals surface area contributed by atoms with E-state index in [1.807, 2.05) is 19.3 Å². The molecule has 0 saturated carbocycles. The summed E-state index contributed by atoms with van der Waals surface area (Å²) in [6, 6.07) is 0. The van der Waals surface area contributed by atoms with Gasteiger partial charge >= 0.3 is 0 Å². The molecule has 0 bridgehead atoms. The first-order valence-corrected chi connectivity index (χ1v) is 4.92. The van der Waals surface area contributed by atoms with Crippen LogP contribution in [0.3, 0.4) is 0 Å². The first kappa shape index (κ1) is 9.34. The second kappa shape index (κ2) is 3.88. The molecule has 0 N–H and O–H groups in total. The van der Waals surface area contributed by atoms with E-state index in [0.717, 1.165) is 30.9 Å². The molecule has 0 atom stereocenters. The highest BCUT2D eigenvalue weighted by atomic mass is 15.1. The molecule has 14 heavy (non-hydrogen) atoms. The summed E-state index contributed by atoms with van der Waals surface area (Å²) in [5.41, 5.74) is 2.39. The van der Waals surface area contributed by atoms with E-state index in [9.17, 15) is 0 Å². The predicted molar refractivity (Wildman–Crippen MR) is 56.9 cm³/mol. The van der Waals surface area contributed by atoms with Crippen molar-refractivity contribution in [3.8, 4) is 0 Å². The van der Waals surface area contributed by atoms with Crippen molar-refractivity contribution in [1.82, 2.24) is 14.9 Å². The monoisotopic (exact) mass is 189 g/mol. The van der Waals surface area contributed by atoms with Gasteiger partial charge in [-0.3, -0.25) is 0 Å². The van der Waals surface area contributed by atoms with E-state index in [4.69, 9.17) is 0 Å². The van der Waals surface area contributed by atoms with Crippen molar-refractivity contribution < 1.29 is 0 Å². The first-order valence-electron chi connectivity index (χ1n) is 4.92. The van der Waals surface area contributed by atoms with E-state index in [1.54, 1.807) is 0 Å². The minimum atomic E-state index is 0.892. The van der Waals surface area contributed by atoms with Crippen LogP contribution in [0.1, 0.15) is 17.8 Å². The van der Waals surface area contributed by atoms with Gasteiger partial charge in [0.15, 0.2) is 5.82 Å². The summed E-state index contributed by atoms with van der Waals surface area (Å²) in [5, 5.41) is 0. The SMILES string of the molecule is Cc1cnc(C2=CCN(C)CC2)nc1. The number of nitrogens with zero attached hydrogens (tertiary/aromatic N) is 3. The van der Waals surface area contributed by atoms with Crippen LogP contribution >= 0.6 is 0 Å². The summed E-state index contributed by atoms with van der Waals surface area (Å²) in [7, 11) is 2.13. The lowest BCUT2D eigenvalue weighted by molar-refractivity contribution is 0.369. The van der Waals surface area contributed by atoms with Crippen molar-refractivity contribution in [3.63, 3.8) is 0 Å². The van der Waals surface area contributed by atoms with Gasteiger partial charge in [0.1, 0.15) is 0 Å². The van der Waals surface area contributed by atoms with Crippen molar-refractivity contribution >= 4 is 5.57 Å². The number of hydrogen-bond donors (Lipinski definition) is 0. The summed E-state index contributed by atoms with van der Waals surface area (Å²) >= 11 is 0. The quantitative estimate of drug-likeness (QED) is 0.670. The van der Waals surface area contributed by atoms with Gasteiger partial charge in [-0.15, -0.1) is 0 Å². The van der Waals surface area contributed by atoms with Crippen LogP contribution in [0.25, 0.3) is 5.57 Å². The summed E-state index contributed by atoms with van der Waals surface area (Å²) in [6.45, 7) is 4.11. The summed E-state index contributed by atoms with van der Waals surface area (Å²) < 4.78 is 0. The Kier molecular flexibility index (Phi) is 2.59. The first-order chi connectivity index (χ1) is 6.75. The van der Waals surface area contributed by atoms with Gasteiger partial charge in [-0.2, -0.15) is 0 Å². The maximum Gasteiger partial charge on any atom is 0.154 e. The number of aromatic nitrogens is 2. The standard InChI is InChI=1S/C11H15N3/c1-9-7-12-11(13-8-9)10-3-5-14(2)6-4-10/h3,7-8H,4-6H2,1-2H3. The number of hydrogen-bond acceptors (Lipinski definition) is 3. The molecule has 0 saturated heterocycles. The smallest absolute Gasteiger partial charge is 0.154 e. The normalized spacial score (nSPS) is 18.0. The molecule has 0 fully saturated rings. The molecule has 3 nitrogen and oxygen atoms in total. The lowest BCUT2D eigenvalue weighted by Crippen LogP contribution is -2.24. The average Bonchev–Trinajstić information content (AvgIpc) is 2.21. The van der Waals surface area contributed by atoms with Crippen LogP contribution in [-0.4, -0.2) is 35.0 Å². The zero-order valence-electron chi connectivity index (χ0n) is 8.70. The Morgan fingerprint density at radius 1 is 1.29 bits per heavy atom. The van der Waals surface area contributed by atoms with Crippen molar-refractivity contribution in [2.75, 3.05) is 20.1 Å². The molecule has 1 aromatic rings. The van der Waals surface area contributed by atoms with Crippen LogP contribution in [0.5, 0.6) is 0 Å². The highest BCUT2D eigenvalue weighted by molar-refractivity contribution is 5.60. The maximum atomic E-state index is 4.33. The molecule has 0 unspecified atom stereocenters. The van der Waals surface area contributed by atoms with E-state index in [0.29, 0.717) is 0 Å². The lowest BCUT2D eigenvalue weighted by Gasteiger charge is -2.20. The minimum Gasteiger partial charge on any atom is -0.302 e. The van der Waals surface area contributed by atoms with Crippen LogP contribution in [0, 0.1) is 6.92 Å². The molecule has 2 rings (SSSR count). The molecule has 1 aromatic heterocycles. The number of aryl methyl sites for hydroxylation is 1. The van der Waals surface area contributed by atoms with Crippen molar-refractivity contribution in [2.24, 2.45) is 0 Å².